The number of benzene rings is 2. The number of nitro benzene ring substituents is 1. The molecule has 1 aliphatic heterocycles. The highest BCUT2D eigenvalue weighted by atomic mass is 35.5. The van der Waals surface area contributed by atoms with Crippen molar-refractivity contribution >= 4 is 40.8 Å². The molecule has 0 aliphatic carbocycles. The average molecular weight is 401 g/mol. The lowest BCUT2D eigenvalue weighted by Gasteiger charge is -2.11. The number of carbonyl (C=O) groups excluding carboxylic acids is 1. The SMILES string of the molecule is O=C(Nc1c2c(nn1-c1ccc([N+](=O)[O-])cc1)CSC2)c1ccc(Cl)cc1. The molecule has 0 bridgehead atoms. The molecule has 1 aromatic heterocycles. The van der Waals surface area contributed by atoms with Gasteiger partial charge in [-0.3, -0.25) is 14.9 Å². The molecule has 27 heavy (non-hydrogen) atoms. The van der Waals surface area contributed by atoms with Crippen LogP contribution in [0.4, 0.5) is 11.5 Å². The third kappa shape index (κ3) is 3.41. The standard InChI is InChI=1S/C18H13ClN4O3S/c19-12-3-1-11(2-4-12)18(24)20-17-15-9-27-10-16(15)21-22(17)13-5-7-14(8-6-13)23(25)26/h1-8H,9-10H2,(H,20,24). The number of rotatable bonds is 4. The van der Waals surface area contributed by atoms with Gasteiger partial charge >= 0.3 is 0 Å². The van der Waals surface area contributed by atoms with E-state index in [2.05, 4.69) is 10.4 Å². The lowest BCUT2D eigenvalue weighted by atomic mass is 10.2. The van der Waals surface area contributed by atoms with E-state index in [0.29, 0.717) is 22.1 Å². The Balaban J connectivity index is 1.70. The predicted octanol–water partition coefficient (Wildman–Crippen LogP) is 4.43. The number of fused-ring (bicyclic) bond motifs is 1. The molecular weight excluding hydrogens is 388 g/mol. The number of hydrogen-bond donors (Lipinski definition) is 1. The molecular formula is C18H13ClN4O3S. The zero-order valence-corrected chi connectivity index (χ0v) is 15.5. The van der Waals surface area contributed by atoms with Crippen LogP contribution in [0.25, 0.3) is 5.69 Å². The normalized spacial score (nSPS) is 12.6. The molecule has 0 saturated heterocycles. The van der Waals surface area contributed by atoms with Crippen LogP contribution in [0.3, 0.4) is 0 Å². The lowest BCUT2D eigenvalue weighted by molar-refractivity contribution is -0.384. The summed E-state index contributed by atoms with van der Waals surface area (Å²) >= 11 is 7.60. The Morgan fingerprint density at radius 1 is 1.15 bits per heavy atom. The third-order valence-electron chi connectivity index (χ3n) is 4.20. The van der Waals surface area contributed by atoms with Crippen molar-refractivity contribution < 1.29 is 9.72 Å². The Bertz CT molecular complexity index is 1030. The quantitative estimate of drug-likeness (QED) is 0.516. The van der Waals surface area contributed by atoms with Crippen LogP contribution in [0.15, 0.2) is 48.5 Å². The van der Waals surface area contributed by atoms with Gasteiger partial charge in [-0.05, 0) is 36.4 Å². The molecule has 0 spiro atoms. The van der Waals surface area contributed by atoms with Crippen molar-refractivity contribution in [3.63, 3.8) is 0 Å². The molecule has 0 saturated carbocycles. The second-order valence-electron chi connectivity index (χ2n) is 5.91. The molecule has 1 N–H and O–H groups in total. The van der Waals surface area contributed by atoms with Crippen molar-refractivity contribution in [2.45, 2.75) is 11.5 Å². The Morgan fingerprint density at radius 3 is 2.52 bits per heavy atom. The second kappa shape index (κ2) is 7.05. The number of non-ortho nitro benzene ring substituents is 1. The maximum absolute atomic E-state index is 12.7. The summed E-state index contributed by atoms with van der Waals surface area (Å²) in [7, 11) is 0. The van der Waals surface area contributed by atoms with E-state index in [4.69, 9.17) is 11.6 Å². The highest BCUT2D eigenvalue weighted by Crippen LogP contribution is 2.36. The van der Waals surface area contributed by atoms with Gasteiger partial charge in [0.05, 0.1) is 16.3 Å². The molecule has 0 atom stereocenters. The summed E-state index contributed by atoms with van der Waals surface area (Å²) in [5, 5.41) is 18.9. The predicted molar refractivity (Wildman–Crippen MR) is 105 cm³/mol. The zero-order valence-electron chi connectivity index (χ0n) is 13.9. The minimum absolute atomic E-state index is 0.000697. The van der Waals surface area contributed by atoms with Gasteiger partial charge in [0.25, 0.3) is 11.6 Å². The molecule has 0 radical (unpaired) electrons. The summed E-state index contributed by atoms with van der Waals surface area (Å²) in [5.74, 6) is 1.83. The first kappa shape index (κ1) is 17.6. The van der Waals surface area contributed by atoms with E-state index in [0.717, 1.165) is 22.8 Å². The van der Waals surface area contributed by atoms with E-state index in [-0.39, 0.29) is 11.6 Å². The summed E-state index contributed by atoms with van der Waals surface area (Å²) in [6, 6.07) is 12.7. The van der Waals surface area contributed by atoms with Crippen LogP contribution < -0.4 is 5.32 Å². The zero-order chi connectivity index (χ0) is 19.0. The molecule has 2 heterocycles. The van der Waals surface area contributed by atoms with Gasteiger partial charge in [0, 0.05) is 39.8 Å². The number of nitrogens with one attached hydrogen (secondary N) is 1. The number of anilines is 1. The molecule has 7 nitrogen and oxygen atoms in total. The third-order valence-corrected chi connectivity index (χ3v) is 5.42. The summed E-state index contributed by atoms with van der Waals surface area (Å²) in [6.07, 6.45) is 0. The topological polar surface area (TPSA) is 90.1 Å². The molecule has 3 aromatic rings. The monoisotopic (exact) mass is 400 g/mol. The van der Waals surface area contributed by atoms with Gasteiger partial charge in [0.15, 0.2) is 0 Å². The summed E-state index contributed by atoms with van der Waals surface area (Å²) in [6.45, 7) is 0. The van der Waals surface area contributed by atoms with Crippen molar-refractivity contribution in [1.29, 1.82) is 0 Å². The molecule has 4 rings (SSSR count). The number of aromatic nitrogens is 2. The van der Waals surface area contributed by atoms with Gasteiger partial charge in [-0.2, -0.15) is 16.9 Å². The minimum atomic E-state index is -0.452. The van der Waals surface area contributed by atoms with Gasteiger partial charge in [-0.1, -0.05) is 11.6 Å². The number of nitro groups is 1. The molecule has 9 heteroatoms. The molecule has 0 unspecified atom stereocenters. The number of thioether (sulfide) groups is 1. The van der Waals surface area contributed by atoms with Crippen molar-refractivity contribution in [2.75, 3.05) is 5.32 Å². The van der Waals surface area contributed by atoms with Crippen molar-refractivity contribution in [3.05, 3.63) is 80.5 Å². The summed E-state index contributed by atoms with van der Waals surface area (Å²) in [4.78, 5) is 23.1. The van der Waals surface area contributed by atoms with Crippen LogP contribution in [-0.4, -0.2) is 20.6 Å². The molecule has 0 fully saturated rings. The van der Waals surface area contributed by atoms with E-state index < -0.39 is 4.92 Å². The van der Waals surface area contributed by atoms with Gasteiger partial charge < -0.3 is 5.32 Å². The Morgan fingerprint density at radius 2 is 1.85 bits per heavy atom. The van der Waals surface area contributed by atoms with Crippen LogP contribution in [0.5, 0.6) is 0 Å². The summed E-state index contributed by atoms with van der Waals surface area (Å²) < 4.78 is 1.63. The average Bonchev–Trinajstić information content (AvgIpc) is 3.25. The van der Waals surface area contributed by atoms with Crippen molar-refractivity contribution in [2.24, 2.45) is 0 Å². The van der Waals surface area contributed by atoms with Crippen LogP contribution in [-0.2, 0) is 11.5 Å². The number of halogens is 1. The second-order valence-corrected chi connectivity index (χ2v) is 7.34. The van der Waals surface area contributed by atoms with Gasteiger partial charge in [0.1, 0.15) is 5.82 Å². The molecule has 2 aromatic carbocycles. The van der Waals surface area contributed by atoms with Crippen LogP contribution in [0.1, 0.15) is 21.6 Å². The number of amides is 1. The fraction of sp³-hybridized carbons (Fsp3) is 0.111. The number of carbonyl (C=O) groups is 1. The number of nitrogens with zero attached hydrogens (tertiary/aromatic N) is 3. The van der Waals surface area contributed by atoms with E-state index in [9.17, 15) is 14.9 Å². The smallest absolute Gasteiger partial charge is 0.269 e. The van der Waals surface area contributed by atoms with Gasteiger partial charge in [0.2, 0.25) is 0 Å². The van der Waals surface area contributed by atoms with Gasteiger partial charge in [-0.15, -0.1) is 0 Å². The largest absolute Gasteiger partial charge is 0.306 e. The lowest BCUT2D eigenvalue weighted by Crippen LogP contribution is -2.16. The van der Waals surface area contributed by atoms with E-state index >= 15 is 0 Å². The van der Waals surface area contributed by atoms with E-state index in [1.165, 1.54) is 12.1 Å². The van der Waals surface area contributed by atoms with E-state index in [1.807, 2.05) is 0 Å². The fourth-order valence-corrected chi connectivity index (χ4v) is 3.99. The molecule has 136 valence electrons. The highest BCUT2D eigenvalue weighted by molar-refractivity contribution is 7.98. The fourth-order valence-electron chi connectivity index (χ4n) is 2.82. The minimum Gasteiger partial charge on any atom is -0.306 e. The maximum Gasteiger partial charge on any atom is 0.269 e. The van der Waals surface area contributed by atoms with Gasteiger partial charge in [-0.25, -0.2) is 4.68 Å². The molecule has 1 amide bonds. The van der Waals surface area contributed by atoms with Crippen molar-refractivity contribution in [1.82, 2.24) is 9.78 Å². The van der Waals surface area contributed by atoms with Crippen LogP contribution >= 0.6 is 23.4 Å². The van der Waals surface area contributed by atoms with Crippen LogP contribution in [0, 0.1) is 10.1 Å². The Labute approximate surface area is 163 Å². The first-order chi connectivity index (χ1) is 13.0. The van der Waals surface area contributed by atoms with Crippen LogP contribution in [0.2, 0.25) is 5.02 Å². The molecule has 1 aliphatic rings. The Hall–Kier alpha value is -2.84. The Kier molecular flexibility index (Phi) is 4.59. The number of hydrogen-bond acceptors (Lipinski definition) is 5. The summed E-state index contributed by atoms with van der Waals surface area (Å²) in [5.41, 5.74) is 3.01. The highest BCUT2D eigenvalue weighted by Gasteiger charge is 2.25. The van der Waals surface area contributed by atoms with Crippen molar-refractivity contribution in [3.8, 4) is 5.69 Å². The first-order valence-corrected chi connectivity index (χ1v) is 9.56. The maximum atomic E-state index is 12.7. The first-order valence-electron chi connectivity index (χ1n) is 8.03. The van der Waals surface area contributed by atoms with E-state index in [1.54, 1.807) is 52.8 Å².